The maximum absolute atomic E-state index is 3.64. The minimum atomic E-state index is 0. The van der Waals surface area contributed by atoms with E-state index in [1.165, 1.54) is 0 Å². The molecule has 0 aromatic heterocycles. The molecule has 0 radical (unpaired) electrons. The van der Waals surface area contributed by atoms with Crippen molar-refractivity contribution in [3.63, 3.8) is 0 Å². The summed E-state index contributed by atoms with van der Waals surface area (Å²) in [6.07, 6.45) is 6.25. The van der Waals surface area contributed by atoms with Crippen molar-refractivity contribution >= 4 is 0 Å². The van der Waals surface area contributed by atoms with Gasteiger partial charge in [-0.15, -0.1) is 6.08 Å². The van der Waals surface area contributed by atoms with Crippen LogP contribution >= 0.6 is 0 Å². The first-order chi connectivity index (χ1) is 2.91. The molecule has 0 aliphatic carbocycles. The summed E-state index contributed by atoms with van der Waals surface area (Å²) in [5.41, 5.74) is 0. The quantitative estimate of drug-likeness (QED) is 0.236. The van der Waals surface area contributed by atoms with Gasteiger partial charge in [-0.2, -0.15) is 6.42 Å². The van der Waals surface area contributed by atoms with Crippen molar-refractivity contribution < 1.29 is 18.9 Å². The van der Waals surface area contributed by atoms with Crippen LogP contribution in [0.2, 0.25) is 0 Å². The van der Waals surface area contributed by atoms with Crippen LogP contribution in [0.1, 0.15) is 19.8 Å². The van der Waals surface area contributed by atoms with Crippen LogP contribution in [0.5, 0.6) is 0 Å². The number of rotatable bonds is 2. The first kappa shape index (κ1) is 10.3. The van der Waals surface area contributed by atoms with E-state index in [1.54, 1.807) is 0 Å². The monoisotopic (exact) mass is 90.1 g/mol. The van der Waals surface area contributed by atoms with Crippen LogP contribution in [0.15, 0.2) is 12.2 Å². The summed E-state index contributed by atoms with van der Waals surface area (Å²) in [7, 11) is 0. The van der Waals surface area contributed by atoms with Crippen molar-refractivity contribution in [3.8, 4) is 0 Å². The van der Waals surface area contributed by atoms with Gasteiger partial charge in [-0.25, -0.2) is 0 Å². The Bertz CT molecular complexity index is 33.4. The summed E-state index contributed by atoms with van der Waals surface area (Å²) < 4.78 is 0. The van der Waals surface area contributed by atoms with Crippen LogP contribution in [0, 0.1) is 6.92 Å². The molecule has 0 aromatic rings. The van der Waals surface area contributed by atoms with Crippen LogP contribution in [0.3, 0.4) is 0 Å². The zero-order valence-corrected chi connectivity index (χ0v) is 5.28. The molecule has 0 aliphatic heterocycles. The van der Waals surface area contributed by atoms with Crippen LogP contribution in [0.4, 0.5) is 0 Å². The second kappa shape index (κ2) is 9.60. The second-order valence-electron chi connectivity index (χ2n) is 1.17. The van der Waals surface area contributed by atoms with Crippen LogP contribution in [0.25, 0.3) is 0 Å². The summed E-state index contributed by atoms with van der Waals surface area (Å²) in [5, 5.41) is 0. The molecule has 1 heteroatoms. The summed E-state index contributed by atoms with van der Waals surface area (Å²) in [4.78, 5) is 0. The van der Waals surface area contributed by atoms with Gasteiger partial charge in [-0.1, -0.05) is 13.0 Å². The summed E-state index contributed by atoms with van der Waals surface area (Å²) >= 11 is 0. The SMILES string of the molecule is [CH2-]CC=CCC.[Li+]. The fourth-order valence-electron chi connectivity index (χ4n) is 0.285. The fourth-order valence-corrected chi connectivity index (χ4v) is 0.285. The Morgan fingerprint density at radius 1 is 1.43 bits per heavy atom. The third-order valence-corrected chi connectivity index (χ3v) is 0.569. The average molecular weight is 90.1 g/mol. The molecule has 0 spiro atoms. The summed E-state index contributed by atoms with van der Waals surface area (Å²) in [6, 6.07) is 0. The van der Waals surface area contributed by atoms with Crippen molar-refractivity contribution in [3.05, 3.63) is 19.1 Å². The molecule has 0 atom stereocenters. The molecule has 0 fully saturated rings. The van der Waals surface area contributed by atoms with Gasteiger partial charge in [0.1, 0.15) is 0 Å². The van der Waals surface area contributed by atoms with Gasteiger partial charge in [0.15, 0.2) is 0 Å². The van der Waals surface area contributed by atoms with E-state index < -0.39 is 0 Å². The predicted molar refractivity (Wildman–Crippen MR) is 29.4 cm³/mol. The average Bonchev–Trinajstić information content (AvgIpc) is 1.61. The van der Waals surface area contributed by atoms with Crippen molar-refractivity contribution in [1.29, 1.82) is 0 Å². The van der Waals surface area contributed by atoms with Gasteiger partial charge in [-0.3, -0.25) is 0 Å². The van der Waals surface area contributed by atoms with Gasteiger partial charge in [-0.05, 0) is 6.42 Å². The maximum Gasteiger partial charge on any atom is 1.00 e. The molecule has 0 saturated heterocycles. The second-order valence-corrected chi connectivity index (χ2v) is 1.17. The predicted octanol–water partition coefficient (Wildman–Crippen LogP) is -0.819. The Hall–Kier alpha value is 0.337. The summed E-state index contributed by atoms with van der Waals surface area (Å²) in [5.74, 6) is 0. The number of allylic oxidation sites excluding steroid dienone is 2. The minimum Gasteiger partial charge on any atom is -0.340 e. The van der Waals surface area contributed by atoms with E-state index in [9.17, 15) is 0 Å². The Morgan fingerprint density at radius 3 is 2.14 bits per heavy atom. The Kier molecular flexibility index (Phi) is 14.2. The molecule has 36 valence electrons. The fraction of sp³-hybridized carbons (Fsp3) is 0.500. The van der Waals surface area contributed by atoms with Crippen molar-refractivity contribution in [2.45, 2.75) is 19.8 Å². The van der Waals surface area contributed by atoms with Crippen LogP contribution in [-0.2, 0) is 0 Å². The van der Waals surface area contributed by atoms with Gasteiger partial charge in [0.25, 0.3) is 0 Å². The van der Waals surface area contributed by atoms with Gasteiger partial charge in [0, 0.05) is 0 Å². The molecule has 0 aromatic carbocycles. The minimum absolute atomic E-state index is 0. The van der Waals surface area contributed by atoms with Crippen molar-refractivity contribution in [2.75, 3.05) is 0 Å². The van der Waals surface area contributed by atoms with Gasteiger partial charge < -0.3 is 6.92 Å². The first-order valence-corrected chi connectivity index (χ1v) is 2.36. The van der Waals surface area contributed by atoms with Crippen LogP contribution in [-0.4, -0.2) is 0 Å². The molecule has 0 unspecified atom stereocenters. The van der Waals surface area contributed by atoms with E-state index in [4.69, 9.17) is 0 Å². The first-order valence-electron chi connectivity index (χ1n) is 2.36. The van der Waals surface area contributed by atoms with E-state index in [0.29, 0.717) is 0 Å². The molecule has 0 nitrogen and oxygen atoms in total. The molecular formula is C6H11Li. The number of hydrogen-bond donors (Lipinski definition) is 0. The zero-order valence-electron chi connectivity index (χ0n) is 5.28. The van der Waals surface area contributed by atoms with Crippen molar-refractivity contribution in [1.82, 2.24) is 0 Å². The summed E-state index contributed by atoms with van der Waals surface area (Å²) in [6.45, 7) is 5.75. The topological polar surface area (TPSA) is 0 Å². The molecule has 0 heterocycles. The molecule has 0 N–H and O–H groups in total. The largest absolute Gasteiger partial charge is 1.00 e. The molecule has 7 heavy (non-hydrogen) atoms. The molecule has 0 rings (SSSR count). The maximum atomic E-state index is 3.64. The van der Waals surface area contributed by atoms with Crippen LogP contribution < -0.4 is 18.9 Å². The zero-order chi connectivity index (χ0) is 4.83. The van der Waals surface area contributed by atoms with E-state index in [1.807, 2.05) is 0 Å². The standard InChI is InChI=1S/C6H11.Li/c1-3-5-6-4-2;/h5-6H,1,3-4H2,2H3;/q-1;+1. The Labute approximate surface area is 58.2 Å². The Balaban J connectivity index is 0. The molecule has 0 bridgehead atoms. The molecule has 0 saturated carbocycles. The number of hydrogen-bond acceptors (Lipinski definition) is 0. The van der Waals surface area contributed by atoms with Crippen molar-refractivity contribution in [2.24, 2.45) is 0 Å². The molecule has 0 aliphatic rings. The third kappa shape index (κ3) is 10.7. The van der Waals surface area contributed by atoms with Gasteiger partial charge in [0.2, 0.25) is 0 Å². The van der Waals surface area contributed by atoms with E-state index in [2.05, 4.69) is 26.0 Å². The van der Waals surface area contributed by atoms with Gasteiger partial charge >= 0.3 is 18.9 Å². The van der Waals surface area contributed by atoms with Gasteiger partial charge in [0.05, 0.1) is 0 Å². The normalized spacial score (nSPS) is 8.86. The molecule has 0 amide bonds. The van der Waals surface area contributed by atoms with E-state index >= 15 is 0 Å². The molecular weight excluding hydrogens is 79.0 g/mol. The smallest absolute Gasteiger partial charge is 0.340 e. The Morgan fingerprint density at radius 2 is 2.00 bits per heavy atom. The third-order valence-electron chi connectivity index (χ3n) is 0.569. The van der Waals surface area contributed by atoms with E-state index in [-0.39, 0.29) is 18.9 Å². The van der Waals surface area contributed by atoms with E-state index in [0.717, 1.165) is 12.8 Å².